The van der Waals surface area contributed by atoms with Crippen molar-refractivity contribution in [1.29, 1.82) is 0 Å². The molecule has 0 bridgehead atoms. The number of piperazine rings is 1. The highest BCUT2D eigenvalue weighted by Gasteiger charge is 2.47. The van der Waals surface area contributed by atoms with Gasteiger partial charge in [0.05, 0.1) is 13.7 Å². The van der Waals surface area contributed by atoms with Gasteiger partial charge in [-0.2, -0.15) is 9.97 Å². The van der Waals surface area contributed by atoms with Gasteiger partial charge in [-0.05, 0) is 13.8 Å². The van der Waals surface area contributed by atoms with E-state index in [-0.39, 0.29) is 29.7 Å². The van der Waals surface area contributed by atoms with Crippen LogP contribution in [0.3, 0.4) is 0 Å². The molecule has 0 spiro atoms. The highest BCUT2D eigenvalue weighted by Crippen LogP contribution is 2.31. The molecule has 0 aromatic carbocycles. The van der Waals surface area contributed by atoms with Crippen molar-refractivity contribution in [2.75, 3.05) is 32.2 Å². The molecule has 0 saturated carbocycles. The maximum Gasteiger partial charge on any atom is 0.319 e. The Morgan fingerprint density at radius 3 is 2.81 bits per heavy atom. The van der Waals surface area contributed by atoms with Crippen LogP contribution in [0, 0.1) is 0 Å². The fourth-order valence-corrected chi connectivity index (χ4v) is 2.57. The first-order valence-electron chi connectivity index (χ1n) is 6.58. The van der Waals surface area contributed by atoms with Crippen molar-refractivity contribution < 1.29 is 14.6 Å². The largest absolute Gasteiger partial charge is 0.467 e. The summed E-state index contributed by atoms with van der Waals surface area (Å²) in [6, 6.07) is 1.66. The van der Waals surface area contributed by atoms with Gasteiger partial charge in [-0.25, -0.2) is 0 Å². The van der Waals surface area contributed by atoms with Gasteiger partial charge < -0.3 is 19.6 Å². The average molecular weight is 315 g/mol. The van der Waals surface area contributed by atoms with Crippen LogP contribution >= 0.6 is 11.6 Å². The van der Waals surface area contributed by atoms with Gasteiger partial charge in [0.2, 0.25) is 0 Å². The second-order valence-electron chi connectivity index (χ2n) is 5.34. The predicted molar refractivity (Wildman–Crippen MR) is 78.7 cm³/mol. The number of halogens is 1. The Morgan fingerprint density at radius 1 is 1.57 bits per heavy atom. The molecule has 1 saturated heterocycles. The summed E-state index contributed by atoms with van der Waals surface area (Å²) in [5, 5.41) is 9.97. The van der Waals surface area contributed by atoms with E-state index < -0.39 is 5.54 Å². The lowest BCUT2D eigenvalue weighted by molar-refractivity contribution is -0.141. The number of methoxy groups -OCH3 is 1. The lowest BCUT2D eigenvalue weighted by atomic mass is 9.93. The third kappa shape index (κ3) is 2.63. The Bertz CT molecular complexity index is 556. The number of aromatic nitrogens is 2. The molecule has 2 heterocycles. The Hall–Kier alpha value is -1.60. The van der Waals surface area contributed by atoms with Crippen LogP contribution in [0.4, 0.5) is 5.82 Å². The van der Waals surface area contributed by atoms with Crippen molar-refractivity contribution in [2.45, 2.75) is 25.4 Å². The molecule has 1 fully saturated rings. The maximum atomic E-state index is 12.5. The van der Waals surface area contributed by atoms with Gasteiger partial charge in [0.1, 0.15) is 16.5 Å². The number of nitrogens with zero attached hydrogens (tertiary/aromatic N) is 4. The fourth-order valence-electron chi connectivity index (χ4n) is 2.40. The normalized spacial score (nSPS) is 26.2. The molecule has 7 nitrogen and oxygen atoms in total. The molecule has 21 heavy (non-hydrogen) atoms. The summed E-state index contributed by atoms with van der Waals surface area (Å²) in [6.07, 6.45) is 0. The SMILES string of the molecule is COc1nc(Cl)cc(N2C[C@H](C)N(C)C(=O)[C@@]2(C)CO)n1. The zero-order valence-electron chi connectivity index (χ0n) is 12.5. The number of carbonyl (C=O) groups excluding carboxylic acids is 1. The minimum absolute atomic E-state index is 0.0168. The van der Waals surface area contributed by atoms with Crippen LogP contribution in [0.5, 0.6) is 6.01 Å². The summed E-state index contributed by atoms with van der Waals surface area (Å²) in [7, 11) is 3.17. The van der Waals surface area contributed by atoms with E-state index in [1.807, 2.05) is 6.92 Å². The number of hydrogen-bond acceptors (Lipinski definition) is 6. The number of ether oxygens (including phenoxy) is 1. The highest BCUT2D eigenvalue weighted by atomic mass is 35.5. The molecular formula is C13H19ClN4O3. The van der Waals surface area contributed by atoms with E-state index in [9.17, 15) is 9.90 Å². The van der Waals surface area contributed by atoms with Gasteiger partial charge in [-0.1, -0.05) is 11.6 Å². The molecule has 1 aliphatic rings. The van der Waals surface area contributed by atoms with E-state index in [0.29, 0.717) is 12.4 Å². The molecule has 8 heteroatoms. The summed E-state index contributed by atoms with van der Waals surface area (Å²) in [5.41, 5.74) is -1.09. The van der Waals surface area contributed by atoms with Crippen LogP contribution in [0.15, 0.2) is 6.07 Å². The van der Waals surface area contributed by atoms with Crippen molar-refractivity contribution in [1.82, 2.24) is 14.9 Å². The van der Waals surface area contributed by atoms with Crippen LogP contribution in [0.2, 0.25) is 5.15 Å². The summed E-state index contributed by atoms with van der Waals surface area (Å²) < 4.78 is 5.01. The lowest BCUT2D eigenvalue weighted by Gasteiger charge is -2.49. The summed E-state index contributed by atoms with van der Waals surface area (Å²) in [5.74, 6) is 0.286. The quantitative estimate of drug-likeness (QED) is 0.821. The molecule has 1 aliphatic heterocycles. The maximum absolute atomic E-state index is 12.5. The molecule has 1 N–H and O–H groups in total. The Kier molecular flexibility index (Phi) is 4.25. The number of amides is 1. The van der Waals surface area contributed by atoms with Crippen molar-refractivity contribution in [3.63, 3.8) is 0 Å². The second kappa shape index (κ2) is 5.65. The Labute approximate surface area is 128 Å². The topological polar surface area (TPSA) is 78.8 Å². The van der Waals surface area contributed by atoms with Crippen LogP contribution in [0.1, 0.15) is 13.8 Å². The third-order valence-electron chi connectivity index (χ3n) is 3.91. The molecule has 1 amide bonds. The van der Waals surface area contributed by atoms with Gasteiger partial charge in [0.25, 0.3) is 5.91 Å². The average Bonchev–Trinajstić information content (AvgIpc) is 2.48. The standard InChI is InChI=1S/C13H19ClN4O3/c1-8-6-18(13(2,7-19)11(20)17(8)3)10-5-9(14)15-12(16-10)21-4/h5,8,19H,6-7H2,1-4H3/t8-,13+/m0/s1. The van der Waals surface area contributed by atoms with Gasteiger partial charge in [-0.3, -0.25) is 4.79 Å². The van der Waals surface area contributed by atoms with Gasteiger partial charge in [0, 0.05) is 25.7 Å². The molecule has 2 rings (SSSR count). The monoisotopic (exact) mass is 314 g/mol. The molecule has 2 atom stereocenters. The predicted octanol–water partition coefficient (Wildman–Crippen LogP) is 0.556. The molecule has 116 valence electrons. The third-order valence-corrected chi connectivity index (χ3v) is 4.11. The summed E-state index contributed by atoms with van der Waals surface area (Å²) in [4.78, 5) is 24.1. The Balaban J connectivity index is 2.49. The van der Waals surface area contributed by atoms with Gasteiger partial charge >= 0.3 is 6.01 Å². The van der Waals surface area contributed by atoms with E-state index in [0.717, 1.165) is 0 Å². The molecule has 0 radical (unpaired) electrons. The number of anilines is 1. The second-order valence-corrected chi connectivity index (χ2v) is 5.73. The summed E-state index contributed by atoms with van der Waals surface area (Å²) >= 11 is 5.97. The van der Waals surface area contributed by atoms with E-state index >= 15 is 0 Å². The fraction of sp³-hybridized carbons (Fsp3) is 0.615. The van der Waals surface area contributed by atoms with Gasteiger partial charge in [-0.15, -0.1) is 0 Å². The zero-order valence-corrected chi connectivity index (χ0v) is 13.3. The van der Waals surface area contributed by atoms with E-state index in [2.05, 4.69) is 9.97 Å². The van der Waals surface area contributed by atoms with Crippen LogP contribution < -0.4 is 9.64 Å². The van der Waals surface area contributed by atoms with Crippen molar-refractivity contribution in [3.8, 4) is 6.01 Å². The minimum atomic E-state index is -1.09. The minimum Gasteiger partial charge on any atom is -0.467 e. The summed E-state index contributed by atoms with van der Waals surface area (Å²) in [6.45, 7) is 3.81. The van der Waals surface area contributed by atoms with Crippen LogP contribution in [-0.4, -0.2) is 64.8 Å². The van der Waals surface area contributed by atoms with Gasteiger partial charge in [0.15, 0.2) is 0 Å². The first-order chi connectivity index (χ1) is 9.83. The number of aliphatic hydroxyl groups is 1. The van der Waals surface area contributed by atoms with Crippen molar-refractivity contribution in [2.24, 2.45) is 0 Å². The smallest absolute Gasteiger partial charge is 0.319 e. The molecule has 1 aromatic rings. The van der Waals surface area contributed by atoms with Crippen molar-refractivity contribution >= 4 is 23.3 Å². The van der Waals surface area contributed by atoms with E-state index in [1.54, 1.807) is 29.8 Å². The lowest BCUT2D eigenvalue weighted by Crippen LogP contribution is -2.68. The van der Waals surface area contributed by atoms with Crippen LogP contribution in [-0.2, 0) is 4.79 Å². The van der Waals surface area contributed by atoms with Crippen LogP contribution in [0.25, 0.3) is 0 Å². The number of aliphatic hydroxyl groups excluding tert-OH is 1. The first kappa shape index (κ1) is 15.8. The number of likely N-dealkylation sites (N-methyl/N-ethyl adjacent to an activating group) is 1. The Morgan fingerprint density at radius 2 is 2.24 bits per heavy atom. The van der Waals surface area contributed by atoms with E-state index in [1.165, 1.54) is 7.11 Å². The number of rotatable bonds is 3. The molecule has 0 unspecified atom stereocenters. The molecular weight excluding hydrogens is 296 g/mol. The first-order valence-corrected chi connectivity index (χ1v) is 6.95. The zero-order chi connectivity index (χ0) is 15.8. The van der Waals surface area contributed by atoms with E-state index in [4.69, 9.17) is 16.3 Å². The highest BCUT2D eigenvalue weighted by molar-refractivity contribution is 6.29. The van der Waals surface area contributed by atoms with Crippen molar-refractivity contribution in [3.05, 3.63) is 11.2 Å². The molecule has 0 aliphatic carbocycles. The molecule has 1 aromatic heterocycles. The number of hydrogen-bond donors (Lipinski definition) is 1. The number of carbonyl (C=O) groups is 1.